The second-order valence-electron chi connectivity index (χ2n) is 8.02. The maximum Gasteiger partial charge on any atom is 0.295 e. The smallest absolute Gasteiger partial charge is 0.295 e. The third kappa shape index (κ3) is 3.93. The largest absolute Gasteiger partial charge is 0.350 e. The molecule has 0 fully saturated rings. The average Bonchev–Trinajstić information content (AvgIpc) is 3.15. The van der Waals surface area contributed by atoms with E-state index in [2.05, 4.69) is 15.5 Å². The van der Waals surface area contributed by atoms with Gasteiger partial charge in [0.1, 0.15) is 6.04 Å². The van der Waals surface area contributed by atoms with Crippen molar-refractivity contribution in [3.63, 3.8) is 0 Å². The maximum atomic E-state index is 13.3. The van der Waals surface area contributed by atoms with Crippen LogP contribution < -0.4 is 10.9 Å². The Morgan fingerprint density at radius 3 is 2.47 bits per heavy atom. The number of carbonyl (C=O) groups is 1. The molecular weight excluding hydrogens is 402 g/mol. The van der Waals surface area contributed by atoms with Crippen molar-refractivity contribution in [2.75, 3.05) is 0 Å². The Morgan fingerprint density at radius 1 is 1.03 bits per heavy atom. The minimum absolute atomic E-state index is 0.235. The molecule has 0 aliphatic rings. The fourth-order valence-corrected chi connectivity index (χ4v) is 4.08. The van der Waals surface area contributed by atoms with E-state index in [4.69, 9.17) is 0 Å². The number of aromatic nitrogens is 4. The molecule has 0 unspecified atom stereocenters. The lowest BCUT2D eigenvalue weighted by Gasteiger charge is -2.17. The van der Waals surface area contributed by atoms with Crippen LogP contribution in [0.5, 0.6) is 0 Å². The molecule has 164 valence electrons. The highest BCUT2D eigenvalue weighted by atomic mass is 16.2. The summed E-state index contributed by atoms with van der Waals surface area (Å²) in [7, 11) is 0. The number of benzene rings is 2. The van der Waals surface area contributed by atoms with Crippen molar-refractivity contribution in [3.05, 3.63) is 87.5 Å². The van der Waals surface area contributed by atoms with Gasteiger partial charge in [0.25, 0.3) is 5.56 Å². The molecule has 2 aromatic carbocycles. The van der Waals surface area contributed by atoms with Crippen molar-refractivity contribution < 1.29 is 4.79 Å². The molecule has 4 aromatic rings. The third-order valence-electron chi connectivity index (χ3n) is 5.68. The predicted molar refractivity (Wildman–Crippen MR) is 125 cm³/mol. The van der Waals surface area contributed by atoms with Gasteiger partial charge in [-0.1, -0.05) is 55.0 Å². The van der Waals surface area contributed by atoms with E-state index >= 15 is 0 Å². The molecule has 32 heavy (non-hydrogen) atoms. The Hall–Kier alpha value is -3.74. The van der Waals surface area contributed by atoms with Gasteiger partial charge in [0.2, 0.25) is 5.91 Å². The van der Waals surface area contributed by atoms with Gasteiger partial charge in [-0.3, -0.25) is 9.59 Å². The number of rotatable bonds is 6. The zero-order chi connectivity index (χ0) is 22.8. The zero-order valence-electron chi connectivity index (χ0n) is 18.8. The summed E-state index contributed by atoms with van der Waals surface area (Å²) in [6.07, 6.45) is 0.440. The first-order valence-electron chi connectivity index (χ1n) is 10.8. The van der Waals surface area contributed by atoms with Crippen LogP contribution in [0.1, 0.15) is 41.9 Å². The molecule has 0 aliphatic carbocycles. The number of nitrogens with one attached hydrogen (secondary N) is 1. The molecule has 1 atom stereocenters. The number of fused-ring (bicyclic) bond motifs is 1. The summed E-state index contributed by atoms with van der Waals surface area (Å²) in [6, 6.07) is 16.9. The zero-order valence-corrected chi connectivity index (χ0v) is 18.8. The summed E-state index contributed by atoms with van der Waals surface area (Å²) in [5.74, 6) is -0.235. The van der Waals surface area contributed by atoms with E-state index in [0.717, 1.165) is 27.9 Å². The predicted octanol–water partition coefficient (Wildman–Crippen LogP) is 3.77. The number of aryl methyl sites for hydroxylation is 3. The van der Waals surface area contributed by atoms with E-state index in [9.17, 15) is 9.59 Å². The first-order chi connectivity index (χ1) is 15.4. The van der Waals surface area contributed by atoms with Crippen molar-refractivity contribution in [1.29, 1.82) is 0 Å². The molecule has 2 heterocycles. The minimum Gasteiger partial charge on any atom is -0.350 e. The SMILES string of the molecule is CC[C@H](C(=O)NCc1cccc(C)c1)n1nc(C)c2c(C)n(-c3ccccc3)nc2c1=O. The first kappa shape index (κ1) is 21.5. The molecule has 2 aromatic heterocycles. The Balaban J connectivity index is 1.70. The van der Waals surface area contributed by atoms with Crippen molar-refractivity contribution in [2.45, 2.75) is 46.7 Å². The van der Waals surface area contributed by atoms with Gasteiger partial charge < -0.3 is 5.32 Å². The van der Waals surface area contributed by atoms with Gasteiger partial charge in [-0.2, -0.15) is 10.2 Å². The monoisotopic (exact) mass is 429 g/mol. The number of amides is 1. The fourth-order valence-electron chi connectivity index (χ4n) is 4.08. The van der Waals surface area contributed by atoms with Crippen LogP contribution in [0.3, 0.4) is 0 Å². The lowest BCUT2D eigenvalue weighted by molar-refractivity contribution is -0.125. The molecule has 0 radical (unpaired) electrons. The van der Waals surface area contributed by atoms with Gasteiger partial charge in [-0.05, 0) is 44.9 Å². The highest BCUT2D eigenvalue weighted by Gasteiger charge is 2.25. The average molecular weight is 430 g/mol. The van der Waals surface area contributed by atoms with Gasteiger partial charge in [0, 0.05) is 6.54 Å². The summed E-state index contributed by atoms with van der Waals surface area (Å²) in [4.78, 5) is 26.3. The molecule has 4 rings (SSSR count). The van der Waals surface area contributed by atoms with Gasteiger partial charge in [0.15, 0.2) is 5.52 Å². The molecule has 7 nitrogen and oxygen atoms in total. The van der Waals surface area contributed by atoms with Crippen LogP contribution in [-0.2, 0) is 11.3 Å². The Kier molecular flexibility index (Phi) is 5.90. The molecule has 1 N–H and O–H groups in total. The van der Waals surface area contributed by atoms with Crippen LogP contribution in [0.2, 0.25) is 0 Å². The molecule has 0 saturated carbocycles. The quantitative estimate of drug-likeness (QED) is 0.506. The minimum atomic E-state index is -0.711. The van der Waals surface area contributed by atoms with E-state index in [1.165, 1.54) is 4.68 Å². The number of hydrogen-bond acceptors (Lipinski definition) is 4. The standard InChI is InChI=1S/C25H27N5O2/c1-5-21(24(31)26-15-19-11-9-10-16(2)14-19)30-25(32)23-22(17(3)27-30)18(4)29(28-23)20-12-7-6-8-13-20/h6-14,21H,5,15H2,1-4H3,(H,26,31)/t21-/m1/s1. The van der Waals surface area contributed by atoms with Crippen LogP contribution in [0, 0.1) is 20.8 Å². The number of para-hydroxylation sites is 1. The lowest BCUT2D eigenvalue weighted by atomic mass is 10.1. The normalized spacial score (nSPS) is 12.1. The van der Waals surface area contributed by atoms with E-state index in [0.29, 0.717) is 24.2 Å². The maximum absolute atomic E-state index is 13.3. The molecule has 0 bridgehead atoms. The lowest BCUT2D eigenvalue weighted by Crippen LogP contribution is -2.38. The van der Waals surface area contributed by atoms with Crippen molar-refractivity contribution in [3.8, 4) is 5.69 Å². The Bertz CT molecular complexity index is 1340. The van der Waals surface area contributed by atoms with Crippen LogP contribution in [0.4, 0.5) is 0 Å². The number of carbonyl (C=O) groups excluding carboxylic acids is 1. The van der Waals surface area contributed by atoms with E-state index in [1.54, 1.807) is 4.68 Å². The Morgan fingerprint density at radius 2 is 1.78 bits per heavy atom. The topological polar surface area (TPSA) is 81.8 Å². The van der Waals surface area contributed by atoms with Gasteiger partial charge in [-0.15, -0.1) is 0 Å². The van der Waals surface area contributed by atoms with E-state index in [1.807, 2.05) is 82.3 Å². The van der Waals surface area contributed by atoms with Crippen LogP contribution in [0.15, 0.2) is 59.4 Å². The molecule has 0 aliphatic heterocycles. The summed E-state index contributed by atoms with van der Waals surface area (Å²) < 4.78 is 3.04. The number of hydrogen-bond donors (Lipinski definition) is 1. The summed E-state index contributed by atoms with van der Waals surface area (Å²) >= 11 is 0. The van der Waals surface area contributed by atoms with E-state index < -0.39 is 6.04 Å². The molecule has 0 spiro atoms. The highest BCUT2D eigenvalue weighted by molar-refractivity contribution is 5.84. The Labute approximate surface area is 186 Å². The number of nitrogens with zero attached hydrogens (tertiary/aromatic N) is 4. The van der Waals surface area contributed by atoms with Crippen molar-refractivity contribution in [2.24, 2.45) is 0 Å². The van der Waals surface area contributed by atoms with Crippen LogP contribution >= 0.6 is 0 Å². The second kappa shape index (κ2) is 8.78. The van der Waals surface area contributed by atoms with Gasteiger partial charge in [-0.25, -0.2) is 9.36 Å². The van der Waals surface area contributed by atoms with Crippen LogP contribution in [-0.4, -0.2) is 25.5 Å². The third-order valence-corrected chi connectivity index (χ3v) is 5.68. The molecule has 7 heteroatoms. The molecule has 0 saturated heterocycles. The fraction of sp³-hybridized carbons (Fsp3) is 0.280. The van der Waals surface area contributed by atoms with E-state index in [-0.39, 0.29) is 11.5 Å². The van der Waals surface area contributed by atoms with Gasteiger partial charge in [0.05, 0.1) is 22.5 Å². The summed E-state index contributed by atoms with van der Waals surface area (Å²) in [5, 5.41) is 12.8. The van der Waals surface area contributed by atoms with Crippen molar-refractivity contribution in [1.82, 2.24) is 24.9 Å². The van der Waals surface area contributed by atoms with Crippen molar-refractivity contribution >= 4 is 16.8 Å². The van der Waals surface area contributed by atoms with Crippen LogP contribution in [0.25, 0.3) is 16.6 Å². The molecule has 1 amide bonds. The van der Waals surface area contributed by atoms with Gasteiger partial charge >= 0.3 is 0 Å². The summed E-state index contributed by atoms with van der Waals surface area (Å²) in [6.45, 7) is 8.05. The molecular formula is C25H27N5O2. The highest BCUT2D eigenvalue weighted by Crippen LogP contribution is 2.22. The first-order valence-corrected chi connectivity index (χ1v) is 10.8. The summed E-state index contributed by atoms with van der Waals surface area (Å²) in [5.41, 5.74) is 4.49. The second-order valence-corrected chi connectivity index (χ2v) is 8.02.